The van der Waals surface area contributed by atoms with E-state index in [1.807, 2.05) is 30.5 Å². The number of carbonyl (C=O) groups is 1. The molecule has 5 nitrogen and oxygen atoms in total. The first-order chi connectivity index (χ1) is 10.0. The van der Waals surface area contributed by atoms with E-state index >= 15 is 0 Å². The summed E-state index contributed by atoms with van der Waals surface area (Å²) in [7, 11) is -2.29. The summed E-state index contributed by atoms with van der Waals surface area (Å²) in [5.74, 6) is -0.112. The lowest BCUT2D eigenvalue weighted by molar-refractivity contribution is 0.131. The Morgan fingerprint density at radius 1 is 1.24 bits per heavy atom. The number of hydrogen-bond acceptors (Lipinski definition) is 4. The van der Waals surface area contributed by atoms with Gasteiger partial charge in [0.1, 0.15) is 0 Å². The lowest BCUT2D eigenvalue weighted by Crippen LogP contribution is -2.39. The second kappa shape index (κ2) is 7.00. The minimum absolute atomic E-state index is 0.112. The van der Waals surface area contributed by atoms with Crippen LogP contribution in [0.3, 0.4) is 0 Å². The lowest BCUT2D eigenvalue weighted by Gasteiger charge is -2.30. The predicted molar refractivity (Wildman–Crippen MR) is 83.6 cm³/mol. The van der Waals surface area contributed by atoms with Gasteiger partial charge in [-0.05, 0) is 36.8 Å². The molecule has 1 aromatic rings. The SMILES string of the molecule is CSc1ccc(C(C2CCN(C(=O)O)CC2)=S(=O)=O)cc1. The Kier molecular flexibility index (Phi) is 5.30. The number of piperidine rings is 1. The third kappa shape index (κ3) is 3.79. The highest BCUT2D eigenvalue weighted by molar-refractivity contribution is 7.98. The minimum atomic E-state index is -2.29. The number of hydrogen-bond donors (Lipinski definition) is 1. The molecular weight excluding hydrogens is 310 g/mol. The van der Waals surface area contributed by atoms with Gasteiger partial charge < -0.3 is 10.0 Å². The topological polar surface area (TPSA) is 74.7 Å². The van der Waals surface area contributed by atoms with Crippen LogP contribution in [0.4, 0.5) is 4.79 Å². The van der Waals surface area contributed by atoms with E-state index in [1.54, 1.807) is 11.8 Å². The molecule has 1 aliphatic rings. The van der Waals surface area contributed by atoms with E-state index < -0.39 is 16.4 Å². The van der Waals surface area contributed by atoms with Crippen molar-refractivity contribution in [2.75, 3.05) is 19.3 Å². The van der Waals surface area contributed by atoms with Crippen LogP contribution in [0.2, 0.25) is 0 Å². The van der Waals surface area contributed by atoms with E-state index in [1.165, 1.54) is 4.90 Å². The maximum absolute atomic E-state index is 11.6. The van der Waals surface area contributed by atoms with Crippen molar-refractivity contribution in [2.45, 2.75) is 17.7 Å². The normalized spacial score (nSPS) is 15.8. The average Bonchev–Trinajstić information content (AvgIpc) is 2.48. The second-order valence-electron chi connectivity index (χ2n) is 4.87. The Labute approximate surface area is 129 Å². The quantitative estimate of drug-likeness (QED) is 0.523. The fourth-order valence-electron chi connectivity index (χ4n) is 2.56. The molecule has 21 heavy (non-hydrogen) atoms. The molecule has 0 saturated carbocycles. The summed E-state index contributed by atoms with van der Waals surface area (Å²) in [4.78, 5) is 13.7. The van der Waals surface area contributed by atoms with Crippen LogP contribution in [0, 0.1) is 5.92 Å². The van der Waals surface area contributed by atoms with Gasteiger partial charge in [0.25, 0.3) is 0 Å². The molecule has 0 atom stereocenters. The van der Waals surface area contributed by atoms with Gasteiger partial charge in [0.2, 0.25) is 10.3 Å². The van der Waals surface area contributed by atoms with Gasteiger partial charge in [-0.15, -0.1) is 11.8 Å². The number of rotatable bonds is 3. The number of likely N-dealkylation sites (tertiary alicyclic amines) is 1. The van der Waals surface area contributed by atoms with Crippen LogP contribution in [0.15, 0.2) is 29.2 Å². The summed E-state index contributed by atoms with van der Waals surface area (Å²) in [5, 5.41) is 8.94. The standard InChI is InChI=1S/C14H17NO4S2/c1-20-12-4-2-10(3-5-12)13(21(18)19)11-6-8-15(9-7-11)14(16)17/h2-5,11H,6-9H2,1H3,(H,16,17). The Morgan fingerprint density at radius 2 is 1.81 bits per heavy atom. The smallest absolute Gasteiger partial charge is 0.407 e. The van der Waals surface area contributed by atoms with Crippen molar-refractivity contribution in [3.63, 3.8) is 0 Å². The molecule has 1 amide bonds. The average molecular weight is 327 g/mol. The summed E-state index contributed by atoms with van der Waals surface area (Å²) in [6, 6.07) is 7.44. The highest BCUT2D eigenvalue weighted by Crippen LogP contribution is 2.23. The van der Waals surface area contributed by atoms with Gasteiger partial charge in [0.05, 0.1) is 4.86 Å². The van der Waals surface area contributed by atoms with Crippen LogP contribution in [-0.4, -0.2) is 48.7 Å². The van der Waals surface area contributed by atoms with Gasteiger partial charge in [0.15, 0.2) is 0 Å². The molecule has 0 aromatic heterocycles. The number of nitrogens with zero attached hydrogens (tertiary/aromatic N) is 1. The van der Waals surface area contributed by atoms with Crippen molar-refractivity contribution in [3.05, 3.63) is 29.8 Å². The molecule has 1 N–H and O–H groups in total. The molecule has 2 rings (SSSR count). The van der Waals surface area contributed by atoms with Crippen LogP contribution >= 0.6 is 11.8 Å². The molecule has 1 heterocycles. The molecule has 0 radical (unpaired) electrons. The Balaban J connectivity index is 2.22. The lowest BCUT2D eigenvalue weighted by atomic mass is 9.90. The molecular formula is C14H17NO4S2. The monoisotopic (exact) mass is 327 g/mol. The van der Waals surface area contributed by atoms with Crippen LogP contribution in [-0.2, 0) is 10.3 Å². The van der Waals surface area contributed by atoms with E-state index in [4.69, 9.17) is 5.11 Å². The van der Waals surface area contributed by atoms with Crippen LogP contribution in [0.25, 0.3) is 0 Å². The summed E-state index contributed by atoms with van der Waals surface area (Å²) >= 11 is 1.60. The maximum Gasteiger partial charge on any atom is 0.407 e. The number of thioether (sulfide) groups is 1. The van der Waals surface area contributed by atoms with Gasteiger partial charge in [-0.3, -0.25) is 0 Å². The molecule has 7 heteroatoms. The predicted octanol–water partition coefficient (Wildman–Crippen LogP) is 2.20. The summed E-state index contributed by atoms with van der Waals surface area (Å²) in [6.45, 7) is 0.757. The molecule has 1 aliphatic heterocycles. The molecule has 1 aromatic carbocycles. The number of carboxylic acid groups (broad SMARTS) is 1. The zero-order valence-corrected chi connectivity index (χ0v) is 13.3. The van der Waals surface area contributed by atoms with Crippen molar-refractivity contribution >= 4 is 33.0 Å². The Morgan fingerprint density at radius 3 is 2.24 bits per heavy atom. The van der Waals surface area contributed by atoms with Crippen molar-refractivity contribution in [2.24, 2.45) is 5.92 Å². The van der Waals surface area contributed by atoms with E-state index in [9.17, 15) is 13.2 Å². The van der Waals surface area contributed by atoms with Crippen LogP contribution in [0.5, 0.6) is 0 Å². The number of amides is 1. The summed E-state index contributed by atoms with van der Waals surface area (Å²) < 4.78 is 23.2. The van der Waals surface area contributed by atoms with E-state index in [0.717, 1.165) is 4.90 Å². The molecule has 0 bridgehead atoms. The zero-order chi connectivity index (χ0) is 15.4. The molecule has 0 unspecified atom stereocenters. The first kappa shape index (κ1) is 15.9. The van der Waals surface area contributed by atoms with E-state index in [2.05, 4.69) is 0 Å². The van der Waals surface area contributed by atoms with E-state index in [-0.39, 0.29) is 5.92 Å². The fourth-order valence-corrected chi connectivity index (χ4v) is 3.80. The Hall–Kier alpha value is -1.47. The molecule has 1 saturated heterocycles. The zero-order valence-electron chi connectivity index (χ0n) is 11.7. The van der Waals surface area contributed by atoms with E-state index in [0.29, 0.717) is 36.4 Å². The highest BCUT2D eigenvalue weighted by atomic mass is 32.2. The van der Waals surface area contributed by atoms with Crippen LogP contribution in [0.1, 0.15) is 18.4 Å². The van der Waals surface area contributed by atoms with Gasteiger partial charge in [0, 0.05) is 23.9 Å². The molecule has 0 aliphatic carbocycles. The third-order valence-corrected chi connectivity index (χ3v) is 5.36. The molecule has 0 spiro atoms. The minimum Gasteiger partial charge on any atom is -0.465 e. The van der Waals surface area contributed by atoms with Crippen molar-refractivity contribution in [1.82, 2.24) is 4.90 Å². The maximum atomic E-state index is 11.6. The van der Waals surface area contributed by atoms with Gasteiger partial charge in [-0.2, -0.15) is 8.42 Å². The van der Waals surface area contributed by atoms with Gasteiger partial charge in [-0.1, -0.05) is 12.1 Å². The third-order valence-electron chi connectivity index (χ3n) is 3.69. The van der Waals surface area contributed by atoms with Crippen molar-refractivity contribution in [1.29, 1.82) is 0 Å². The van der Waals surface area contributed by atoms with Gasteiger partial charge >= 0.3 is 6.09 Å². The summed E-state index contributed by atoms with van der Waals surface area (Å²) in [6.07, 6.45) is 2.11. The number of benzene rings is 1. The first-order valence-electron chi connectivity index (χ1n) is 6.61. The van der Waals surface area contributed by atoms with Crippen LogP contribution < -0.4 is 0 Å². The molecule has 1 fully saturated rings. The van der Waals surface area contributed by atoms with Crippen molar-refractivity contribution < 1.29 is 18.3 Å². The van der Waals surface area contributed by atoms with Gasteiger partial charge in [-0.25, -0.2) is 4.79 Å². The second-order valence-corrected chi connectivity index (χ2v) is 6.66. The highest BCUT2D eigenvalue weighted by Gasteiger charge is 2.27. The summed E-state index contributed by atoms with van der Waals surface area (Å²) in [5.41, 5.74) is 0.704. The van der Waals surface area contributed by atoms with Crippen molar-refractivity contribution in [3.8, 4) is 0 Å². The molecule has 114 valence electrons. The largest absolute Gasteiger partial charge is 0.465 e. The first-order valence-corrected chi connectivity index (χ1v) is 8.91. The Bertz CT molecular complexity index is 636. The fraction of sp³-hybridized carbons (Fsp3) is 0.429.